The van der Waals surface area contributed by atoms with Crippen molar-refractivity contribution in [2.75, 3.05) is 62.2 Å². The molecule has 4 nitrogen and oxygen atoms in total. The Morgan fingerprint density at radius 1 is 0.618 bits per heavy atom. The quantitative estimate of drug-likeness (QED) is 0.274. The van der Waals surface area contributed by atoms with Crippen LogP contribution in [0.5, 0.6) is 0 Å². The molecular formula is C23H29F6N4P. The maximum atomic E-state index is 9.87. The van der Waals surface area contributed by atoms with Gasteiger partial charge in [-0.1, -0.05) is 36.4 Å². The molecule has 2 saturated heterocycles. The van der Waals surface area contributed by atoms with Gasteiger partial charge in [0.15, 0.2) is 19.3 Å². The van der Waals surface area contributed by atoms with Crippen molar-refractivity contribution in [3.8, 4) is 0 Å². The number of para-hydroxylation sites is 2. The van der Waals surface area contributed by atoms with Crippen molar-refractivity contribution in [2.45, 2.75) is 0 Å². The molecule has 0 amide bonds. The fraction of sp³-hybridized carbons (Fsp3) is 0.348. The van der Waals surface area contributed by atoms with Gasteiger partial charge in [0.05, 0.1) is 13.1 Å². The van der Waals surface area contributed by atoms with Crippen LogP contribution < -0.4 is 9.80 Å². The van der Waals surface area contributed by atoms with Gasteiger partial charge in [0, 0.05) is 49.8 Å². The monoisotopic (exact) mass is 506 g/mol. The minimum atomic E-state index is -10.7. The molecule has 0 N–H and O–H groups in total. The molecule has 0 aliphatic carbocycles. The van der Waals surface area contributed by atoms with Crippen molar-refractivity contribution in [1.29, 1.82) is 0 Å². The Bertz CT molecular complexity index is 952. The number of nitrogens with zero attached hydrogens (tertiary/aromatic N) is 4. The summed E-state index contributed by atoms with van der Waals surface area (Å²) in [5, 5.41) is 0. The van der Waals surface area contributed by atoms with Crippen LogP contribution in [0.4, 0.5) is 36.6 Å². The van der Waals surface area contributed by atoms with Gasteiger partial charge in [0.25, 0.3) is 0 Å². The van der Waals surface area contributed by atoms with Gasteiger partial charge in [-0.15, -0.1) is 0 Å². The molecular weight excluding hydrogens is 477 g/mol. The summed E-state index contributed by atoms with van der Waals surface area (Å²) >= 11 is 0. The van der Waals surface area contributed by atoms with Gasteiger partial charge < -0.3 is 14.7 Å². The number of allylic oxidation sites excluding steroid dienone is 1. The summed E-state index contributed by atoms with van der Waals surface area (Å²) in [6, 6.07) is 21.5. The average Bonchev–Trinajstić information content (AvgIpc) is 2.79. The van der Waals surface area contributed by atoms with Crippen LogP contribution in [0, 0.1) is 0 Å². The van der Waals surface area contributed by atoms with E-state index in [9.17, 15) is 25.2 Å². The number of hydrogen-bond acceptors (Lipinski definition) is 3. The summed E-state index contributed by atoms with van der Waals surface area (Å²) in [5.41, 5.74) is 2.67. The predicted molar refractivity (Wildman–Crippen MR) is 128 cm³/mol. The van der Waals surface area contributed by atoms with Crippen molar-refractivity contribution in [3.05, 3.63) is 72.9 Å². The molecule has 4 rings (SSSR count). The molecule has 2 aromatic carbocycles. The molecule has 0 spiro atoms. The van der Waals surface area contributed by atoms with Crippen molar-refractivity contribution < 1.29 is 29.8 Å². The standard InChI is InChI=1S/C23H29N4.F6P/c1-3-8-22(9-4-1)26-18-14-24(15-19-26)12-7-13-25-16-20-27(21-17-25)23-10-5-2-6-11-23;1-7(2,3,4,5)6/h1-13H,14-21H2;/q+1;-1. The first-order valence-corrected chi connectivity index (χ1v) is 13.0. The Morgan fingerprint density at radius 3 is 1.47 bits per heavy atom. The molecule has 2 aliphatic heterocycles. The minimum absolute atomic E-state index is 1.08. The Labute approximate surface area is 195 Å². The van der Waals surface area contributed by atoms with Crippen LogP contribution in [0.25, 0.3) is 0 Å². The maximum absolute atomic E-state index is 10.7. The third-order valence-corrected chi connectivity index (χ3v) is 5.46. The number of hydrogen-bond donors (Lipinski definition) is 0. The summed E-state index contributed by atoms with van der Waals surface area (Å²) in [6.45, 7) is 8.69. The van der Waals surface area contributed by atoms with Gasteiger partial charge in [-0.25, -0.2) is 4.58 Å². The van der Waals surface area contributed by atoms with E-state index >= 15 is 0 Å². The Morgan fingerprint density at radius 2 is 1.03 bits per heavy atom. The molecule has 0 unspecified atom stereocenters. The Balaban J connectivity index is 0.000000406. The number of rotatable bonds is 4. The summed E-state index contributed by atoms with van der Waals surface area (Å²) in [4.78, 5) is 7.36. The molecule has 2 heterocycles. The first kappa shape index (κ1) is 25.9. The summed E-state index contributed by atoms with van der Waals surface area (Å²) < 4.78 is 61.6. The Kier molecular flexibility index (Phi) is 7.50. The van der Waals surface area contributed by atoms with E-state index in [-0.39, 0.29) is 0 Å². The SMILES string of the molecule is C(/C=C/N1CCN(c2ccccc2)CC1)=[N+]1CCN(c2ccccc2)CC1.F[P-](F)(F)(F)(F)F. The van der Waals surface area contributed by atoms with Gasteiger partial charge in [-0.2, -0.15) is 0 Å². The van der Waals surface area contributed by atoms with Crippen LogP contribution in [0.1, 0.15) is 0 Å². The van der Waals surface area contributed by atoms with Crippen molar-refractivity contribution >= 4 is 25.4 Å². The number of halogens is 6. The molecule has 11 heteroatoms. The van der Waals surface area contributed by atoms with Crippen LogP contribution in [-0.2, 0) is 0 Å². The van der Waals surface area contributed by atoms with Crippen molar-refractivity contribution in [2.24, 2.45) is 0 Å². The molecule has 0 bridgehead atoms. The van der Waals surface area contributed by atoms with E-state index in [0.29, 0.717) is 0 Å². The third-order valence-electron chi connectivity index (χ3n) is 5.46. The molecule has 2 fully saturated rings. The van der Waals surface area contributed by atoms with Crippen LogP contribution in [0.2, 0.25) is 0 Å². The van der Waals surface area contributed by atoms with E-state index in [1.54, 1.807) is 0 Å². The summed E-state index contributed by atoms with van der Waals surface area (Å²) in [7, 11) is -10.7. The molecule has 0 radical (unpaired) electrons. The molecule has 0 atom stereocenters. The fourth-order valence-corrected chi connectivity index (χ4v) is 3.82. The zero-order chi connectivity index (χ0) is 24.7. The van der Waals surface area contributed by atoms with Crippen molar-refractivity contribution in [3.63, 3.8) is 0 Å². The first-order valence-electron chi connectivity index (χ1n) is 11.0. The molecule has 34 heavy (non-hydrogen) atoms. The van der Waals surface area contributed by atoms with Gasteiger partial charge in [0.1, 0.15) is 0 Å². The molecule has 0 saturated carbocycles. The van der Waals surface area contributed by atoms with Gasteiger partial charge in [-0.3, -0.25) is 0 Å². The first-order chi connectivity index (χ1) is 15.8. The van der Waals surface area contributed by atoms with Crippen molar-refractivity contribution in [1.82, 2.24) is 4.90 Å². The second-order valence-corrected chi connectivity index (χ2v) is 10.1. The zero-order valence-corrected chi connectivity index (χ0v) is 19.6. The molecule has 2 aliphatic rings. The zero-order valence-electron chi connectivity index (χ0n) is 18.7. The third kappa shape index (κ3) is 10.5. The van der Waals surface area contributed by atoms with Gasteiger partial charge >= 0.3 is 33.0 Å². The topological polar surface area (TPSA) is 12.7 Å². The second-order valence-electron chi connectivity index (χ2n) is 8.17. The Hall–Kier alpha value is -2.74. The normalized spacial score (nSPS) is 19.2. The summed E-state index contributed by atoms with van der Waals surface area (Å²) in [5.74, 6) is 0. The number of benzene rings is 2. The average molecular weight is 506 g/mol. The molecule has 188 valence electrons. The van der Waals surface area contributed by atoms with Gasteiger partial charge in [0.2, 0.25) is 0 Å². The van der Waals surface area contributed by atoms with E-state index in [1.807, 2.05) is 0 Å². The van der Waals surface area contributed by atoms with E-state index in [2.05, 4.69) is 98.4 Å². The van der Waals surface area contributed by atoms with E-state index in [4.69, 9.17) is 0 Å². The fourth-order valence-electron chi connectivity index (χ4n) is 3.82. The second kappa shape index (κ2) is 9.86. The van der Waals surface area contributed by atoms with Gasteiger partial charge in [-0.05, 0) is 24.3 Å². The van der Waals surface area contributed by atoms with E-state index in [0.717, 1.165) is 52.4 Å². The summed E-state index contributed by atoms with van der Waals surface area (Å²) in [6.07, 6.45) is 6.73. The van der Waals surface area contributed by atoms with Crippen LogP contribution in [0.15, 0.2) is 72.9 Å². The number of piperazine rings is 2. The van der Waals surface area contributed by atoms with Crippen LogP contribution in [0.3, 0.4) is 0 Å². The number of anilines is 2. The van der Waals surface area contributed by atoms with E-state index in [1.165, 1.54) is 11.4 Å². The molecule has 2 aromatic rings. The van der Waals surface area contributed by atoms with Crippen LogP contribution in [-0.4, -0.2) is 68.0 Å². The van der Waals surface area contributed by atoms with Crippen LogP contribution >= 0.6 is 7.81 Å². The van der Waals surface area contributed by atoms with E-state index < -0.39 is 7.81 Å². The molecule has 0 aromatic heterocycles. The predicted octanol–water partition coefficient (Wildman–Crippen LogP) is 6.31.